The molecule has 1 heterocycles. The number of benzene rings is 1. The summed E-state index contributed by atoms with van der Waals surface area (Å²) in [5.74, 6) is -3.21. The fraction of sp³-hybridized carbons (Fsp3) is 0.300. The summed E-state index contributed by atoms with van der Waals surface area (Å²) in [5, 5.41) is 9.64. The Morgan fingerprint density at radius 1 is 1.26 bits per heavy atom. The van der Waals surface area contributed by atoms with Crippen molar-refractivity contribution in [1.29, 1.82) is 0 Å². The van der Waals surface area contributed by atoms with E-state index in [-0.39, 0.29) is 16.5 Å². The first-order valence-corrected chi connectivity index (χ1v) is 9.18. The number of hydrogen-bond donors (Lipinski definition) is 1. The van der Waals surface area contributed by atoms with Crippen molar-refractivity contribution in [3.63, 3.8) is 0 Å². The van der Waals surface area contributed by atoms with Gasteiger partial charge in [-0.25, -0.2) is 9.18 Å². The van der Waals surface area contributed by atoms with Gasteiger partial charge in [0.2, 0.25) is 0 Å². The number of carboxylic acids is 1. The first kappa shape index (κ1) is 19.4. The molecule has 1 aromatic heterocycles. The number of alkyl halides is 1. The Kier molecular flexibility index (Phi) is 5.51. The zero-order valence-corrected chi connectivity index (χ0v) is 16.1. The average Bonchev–Trinajstić information content (AvgIpc) is 3.14. The van der Waals surface area contributed by atoms with Crippen LogP contribution in [0, 0.1) is 11.8 Å². The zero-order chi connectivity index (χ0) is 19.6. The monoisotopic (exact) mass is 436 g/mol. The molecule has 5 nitrogen and oxygen atoms in total. The summed E-state index contributed by atoms with van der Waals surface area (Å²) < 4.78 is 26.4. The lowest BCUT2D eigenvalue weighted by Gasteiger charge is -2.41. The molecule has 3 rings (SSSR count). The van der Waals surface area contributed by atoms with Gasteiger partial charge < -0.3 is 14.3 Å². The number of esters is 1. The Bertz CT molecular complexity index is 845. The van der Waals surface area contributed by atoms with E-state index in [4.69, 9.17) is 9.15 Å². The molecule has 0 saturated carbocycles. The topological polar surface area (TPSA) is 76.7 Å². The van der Waals surface area contributed by atoms with Gasteiger partial charge in [-0.3, -0.25) is 4.79 Å². The van der Waals surface area contributed by atoms with Gasteiger partial charge in [0.25, 0.3) is 0 Å². The van der Waals surface area contributed by atoms with E-state index < -0.39 is 35.5 Å². The first-order valence-electron chi connectivity index (χ1n) is 8.38. The van der Waals surface area contributed by atoms with Crippen LogP contribution in [0.5, 0.6) is 0 Å². The molecule has 0 amide bonds. The standard InChI is InChI=1S/C20H18BrFO5/c1-20(22)16(21)11-15(18(23)24)14(10-13-8-5-9-26-13)17(20)27-19(25)12-6-3-2-4-7-12/h2-9,11,14-15,17H,10H2,1H3,(H,23,24)/t14-,15?,17-,20+/m1/s1. The van der Waals surface area contributed by atoms with E-state index >= 15 is 4.39 Å². The Morgan fingerprint density at radius 2 is 1.96 bits per heavy atom. The fourth-order valence-electron chi connectivity index (χ4n) is 3.28. The lowest BCUT2D eigenvalue weighted by atomic mass is 9.73. The highest BCUT2D eigenvalue weighted by Gasteiger charge is 2.52. The first-order chi connectivity index (χ1) is 12.8. The molecule has 0 saturated heterocycles. The molecule has 0 spiro atoms. The van der Waals surface area contributed by atoms with Crippen LogP contribution in [-0.2, 0) is 16.0 Å². The van der Waals surface area contributed by atoms with Crippen LogP contribution in [0.25, 0.3) is 0 Å². The Hall–Kier alpha value is -2.41. The van der Waals surface area contributed by atoms with Gasteiger partial charge in [-0.1, -0.05) is 40.2 Å². The molecule has 2 aromatic rings. The zero-order valence-electron chi connectivity index (χ0n) is 14.5. The van der Waals surface area contributed by atoms with Crippen molar-refractivity contribution in [1.82, 2.24) is 0 Å². The molecule has 0 fully saturated rings. The third kappa shape index (κ3) is 3.98. The van der Waals surface area contributed by atoms with Crippen LogP contribution in [-0.4, -0.2) is 28.8 Å². The second-order valence-electron chi connectivity index (χ2n) is 6.59. The predicted octanol–water partition coefficient (Wildman–Crippen LogP) is 4.39. The number of carbonyl (C=O) groups excluding carboxylic acids is 1. The van der Waals surface area contributed by atoms with E-state index in [2.05, 4.69) is 15.9 Å². The molecular formula is C20H18BrFO5. The summed E-state index contributed by atoms with van der Waals surface area (Å²) in [7, 11) is 0. The highest BCUT2D eigenvalue weighted by molar-refractivity contribution is 9.11. The molecule has 27 heavy (non-hydrogen) atoms. The van der Waals surface area contributed by atoms with Crippen LogP contribution >= 0.6 is 15.9 Å². The van der Waals surface area contributed by atoms with Crippen LogP contribution in [0.15, 0.2) is 63.7 Å². The molecule has 1 aromatic carbocycles. The van der Waals surface area contributed by atoms with Crippen LogP contribution in [0.1, 0.15) is 23.0 Å². The van der Waals surface area contributed by atoms with E-state index in [9.17, 15) is 14.7 Å². The van der Waals surface area contributed by atoms with Crippen LogP contribution in [0.3, 0.4) is 0 Å². The molecule has 0 aliphatic heterocycles. The average molecular weight is 437 g/mol. The van der Waals surface area contributed by atoms with Crippen LogP contribution < -0.4 is 0 Å². The van der Waals surface area contributed by atoms with Crippen molar-refractivity contribution in [3.8, 4) is 0 Å². The van der Waals surface area contributed by atoms with E-state index in [0.29, 0.717) is 5.76 Å². The Labute approximate surface area is 164 Å². The van der Waals surface area contributed by atoms with E-state index in [1.165, 1.54) is 19.3 Å². The maximum absolute atomic E-state index is 15.5. The van der Waals surface area contributed by atoms with Crippen molar-refractivity contribution in [2.24, 2.45) is 11.8 Å². The Balaban J connectivity index is 1.97. The summed E-state index contributed by atoms with van der Waals surface area (Å²) >= 11 is 3.12. The molecule has 142 valence electrons. The number of carbonyl (C=O) groups is 2. The lowest BCUT2D eigenvalue weighted by molar-refractivity contribution is -0.146. The van der Waals surface area contributed by atoms with Crippen molar-refractivity contribution < 1.29 is 28.2 Å². The maximum atomic E-state index is 15.5. The fourth-order valence-corrected chi connectivity index (χ4v) is 3.79. The number of halogens is 2. The number of hydrogen-bond acceptors (Lipinski definition) is 4. The molecule has 1 aliphatic carbocycles. The number of aliphatic carboxylic acids is 1. The van der Waals surface area contributed by atoms with Gasteiger partial charge in [0, 0.05) is 16.8 Å². The van der Waals surface area contributed by atoms with Crippen molar-refractivity contribution in [2.45, 2.75) is 25.1 Å². The second kappa shape index (κ2) is 7.68. The number of carboxylic acid groups (broad SMARTS) is 1. The third-order valence-electron chi connectivity index (χ3n) is 4.72. The summed E-state index contributed by atoms with van der Waals surface area (Å²) in [6.45, 7) is 1.27. The Morgan fingerprint density at radius 3 is 2.56 bits per heavy atom. The van der Waals surface area contributed by atoms with Crippen molar-refractivity contribution >= 4 is 27.9 Å². The normalized spacial score (nSPS) is 27.7. The van der Waals surface area contributed by atoms with Gasteiger partial charge in [0.15, 0.2) is 5.67 Å². The molecule has 7 heteroatoms. The highest BCUT2D eigenvalue weighted by Crippen LogP contribution is 2.45. The van der Waals surface area contributed by atoms with Gasteiger partial charge in [-0.15, -0.1) is 0 Å². The largest absolute Gasteiger partial charge is 0.481 e. The molecule has 4 atom stereocenters. The smallest absolute Gasteiger partial charge is 0.338 e. The molecule has 0 radical (unpaired) electrons. The van der Waals surface area contributed by atoms with Gasteiger partial charge in [0.05, 0.1) is 17.7 Å². The van der Waals surface area contributed by atoms with Gasteiger partial charge in [-0.05, 0) is 31.2 Å². The van der Waals surface area contributed by atoms with Crippen molar-refractivity contribution in [3.05, 3.63) is 70.6 Å². The van der Waals surface area contributed by atoms with E-state index in [0.717, 1.165) is 0 Å². The minimum absolute atomic E-state index is 0.0453. The van der Waals surface area contributed by atoms with E-state index in [1.807, 2.05) is 0 Å². The van der Waals surface area contributed by atoms with Crippen LogP contribution in [0.2, 0.25) is 0 Å². The van der Waals surface area contributed by atoms with E-state index in [1.54, 1.807) is 42.5 Å². The summed E-state index contributed by atoms with van der Waals surface area (Å²) in [5.41, 5.74) is -1.81. The van der Waals surface area contributed by atoms with Gasteiger partial charge in [-0.2, -0.15) is 0 Å². The van der Waals surface area contributed by atoms with Crippen LogP contribution in [0.4, 0.5) is 4.39 Å². The molecule has 1 aliphatic rings. The van der Waals surface area contributed by atoms with Gasteiger partial charge in [0.1, 0.15) is 11.9 Å². The quantitative estimate of drug-likeness (QED) is 0.703. The lowest BCUT2D eigenvalue weighted by Crippen LogP contribution is -2.51. The number of ether oxygens (including phenoxy) is 1. The molecule has 0 bridgehead atoms. The number of rotatable bonds is 5. The minimum atomic E-state index is -2.08. The number of furan rings is 1. The molecule has 1 N–H and O–H groups in total. The van der Waals surface area contributed by atoms with Gasteiger partial charge >= 0.3 is 11.9 Å². The maximum Gasteiger partial charge on any atom is 0.338 e. The molecule has 1 unspecified atom stereocenters. The summed E-state index contributed by atoms with van der Waals surface area (Å²) in [6.07, 6.45) is 1.59. The summed E-state index contributed by atoms with van der Waals surface area (Å²) in [4.78, 5) is 24.3. The minimum Gasteiger partial charge on any atom is -0.481 e. The molecular weight excluding hydrogens is 419 g/mol. The predicted molar refractivity (Wildman–Crippen MR) is 99.2 cm³/mol. The van der Waals surface area contributed by atoms with Crippen molar-refractivity contribution in [2.75, 3.05) is 0 Å². The SMILES string of the molecule is C[C@]1(F)C(Br)=CC(C(=O)O)[C@@H](Cc2ccco2)[C@H]1OC(=O)c1ccccc1. The summed E-state index contributed by atoms with van der Waals surface area (Å²) in [6, 6.07) is 11.5. The second-order valence-corrected chi connectivity index (χ2v) is 7.45. The highest BCUT2D eigenvalue weighted by atomic mass is 79.9. The third-order valence-corrected chi connectivity index (χ3v) is 5.76.